The summed E-state index contributed by atoms with van der Waals surface area (Å²) in [6, 6.07) is 8.71. The van der Waals surface area contributed by atoms with Gasteiger partial charge in [-0.05, 0) is 74.7 Å². The smallest absolute Gasteiger partial charge is 0.254 e. The highest BCUT2D eigenvalue weighted by atomic mass is 16.2. The molecule has 2 heterocycles. The van der Waals surface area contributed by atoms with Crippen LogP contribution in [0.15, 0.2) is 24.3 Å². The standard InChI is InChI=1S/C22H34N2O/c1-22(2,3)19-11-9-18(10-12-19)21(25)24-16-5-4-8-20(24)13-17-23-14-6-7-15-23/h9-12,20H,4-8,13-17H2,1-3H3/t20-/m0/s1. The van der Waals surface area contributed by atoms with Crippen LogP contribution in [0.1, 0.15) is 75.2 Å². The van der Waals surface area contributed by atoms with Crippen LogP contribution < -0.4 is 0 Å². The van der Waals surface area contributed by atoms with Crippen molar-refractivity contribution in [3.63, 3.8) is 0 Å². The van der Waals surface area contributed by atoms with Crippen molar-refractivity contribution in [1.82, 2.24) is 9.80 Å². The first-order valence-electron chi connectivity index (χ1n) is 10.1. The third-order valence-corrected chi connectivity index (χ3v) is 5.86. The van der Waals surface area contributed by atoms with Crippen LogP contribution in [0, 0.1) is 0 Å². The molecular formula is C22H34N2O. The summed E-state index contributed by atoms with van der Waals surface area (Å²) in [7, 11) is 0. The van der Waals surface area contributed by atoms with Crippen LogP contribution in [-0.2, 0) is 5.41 Å². The van der Waals surface area contributed by atoms with E-state index in [9.17, 15) is 4.79 Å². The van der Waals surface area contributed by atoms with E-state index in [1.807, 2.05) is 12.1 Å². The average Bonchev–Trinajstić information content (AvgIpc) is 3.12. The number of hydrogen-bond acceptors (Lipinski definition) is 2. The van der Waals surface area contributed by atoms with Crippen molar-refractivity contribution in [2.75, 3.05) is 26.2 Å². The van der Waals surface area contributed by atoms with E-state index in [0.717, 1.165) is 31.5 Å². The lowest BCUT2D eigenvalue weighted by atomic mass is 9.86. The van der Waals surface area contributed by atoms with Gasteiger partial charge >= 0.3 is 0 Å². The van der Waals surface area contributed by atoms with Gasteiger partial charge in [0.05, 0.1) is 0 Å². The van der Waals surface area contributed by atoms with Crippen molar-refractivity contribution in [2.24, 2.45) is 0 Å². The molecule has 0 radical (unpaired) electrons. The Bertz CT molecular complexity index is 567. The van der Waals surface area contributed by atoms with E-state index in [4.69, 9.17) is 0 Å². The Morgan fingerprint density at radius 2 is 1.64 bits per heavy atom. The van der Waals surface area contributed by atoms with E-state index in [-0.39, 0.29) is 11.3 Å². The van der Waals surface area contributed by atoms with Gasteiger partial charge in [-0.2, -0.15) is 0 Å². The van der Waals surface area contributed by atoms with E-state index in [1.165, 1.54) is 44.3 Å². The fourth-order valence-corrected chi connectivity index (χ4v) is 4.18. The van der Waals surface area contributed by atoms with Gasteiger partial charge in [-0.3, -0.25) is 4.79 Å². The number of hydrogen-bond donors (Lipinski definition) is 0. The summed E-state index contributed by atoms with van der Waals surface area (Å²) in [5.74, 6) is 0.228. The Balaban J connectivity index is 1.65. The number of amides is 1. The molecule has 0 bridgehead atoms. The van der Waals surface area contributed by atoms with Crippen LogP contribution in [-0.4, -0.2) is 47.9 Å². The molecule has 1 aromatic carbocycles. The van der Waals surface area contributed by atoms with Gasteiger partial charge in [0, 0.05) is 24.7 Å². The Labute approximate surface area is 153 Å². The van der Waals surface area contributed by atoms with Gasteiger partial charge in [-0.1, -0.05) is 32.9 Å². The highest BCUT2D eigenvalue weighted by Crippen LogP contribution is 2.25. The maximum Gasteiger partial charge on any atom is 0.254 e. The first kappa shape index (κ1) is 18.4. The molecular weight excluding hydrogens is 308 g/mol. The highest BCUT2D eigenvalue weighted by Gasteiger charge is 2.28. The zero-order chi connectivity index (χ0) is 17.9. The Hall–Kier alpha value is -1.35. The number of carbonyl (C=O) groups is 1. The second-order valence-corrected chi connectivity index (χ2v) is 8.81. The summed E-state index contributed by atoms with van der Waals surface area (Å²) in [4.78, 5) is 17.8. The zero-order valence-electron chi connectivity index (χ0n) is 16.3. The topological polar surface area (TPSA) is 23.6 Å². The van der Waals surface area contributed by atoms with Gasteiger partial charge in [0.1, 0.15) is 0 Å². The maximum absolute atomic E-state index is 13.1. The number of rotatable bonds is 4. The van der Waals surface area contributed by atoms with E-state index < -0.39 is 0 Å². The molecule has 0 aromatic heterocycles. The van der Waals surface area contributed by atoms with Gasteiger partial charge < -0.3 is 9.80 Å². The summed E-state index contributed by atoms with van der Waals surface area (Å²) in [6.07, 6.45) is 7.38. The van der Waals surface area contributed by atoms with Gasteiger partial charge in [0.15, 0.2) is 0 Å². The van der Waals surface area contributed by atoms with Gasteiger partial charge in [0.2, 0.25) is 0 Å². The van der Waals surface area contributed by atoms with Crippen molar-refractivity contribution in [3.05, 3.63) is 35.4 Å². The minimum absolute atomic E-state index is 0.130. The monoisotopic (exact) mass is 342 g/mol. The lowest BCUT2D eigenvalue weighted by molar-refractivity contribution is 0.0588. The van der Waals surface area contributed by atoms with E-state index in [2.05, 4.69) is 42.7 Å². The molecule has 1 atom stereocenters. The van der Waals surface area contributed by atoms with Crippen molar-refractivity contribution < 1.29 is 4.79 Å². The van der Waals surface area contributed by atoms with Crippen LogP contribution in [0.25, 0.3) is 0 Å². The number of likely N-dealkylation sites (tertiary alicyclic amines) is 2. The second kappa shape index (κ2) is 7.90. The predicted molar refractivity (Wildman–Crippen MR) is 104 cm³/mol. The minimum Gasteiger partial charge on any atom is -0.336 e. The molecule has 0 unspecified atom stereocenters. The van der Waals surface area contributed by atoms with Crippen molar-refractivity contribution in [2.45, 2.75) is 70.8 Å². The largest absolute Gasteiger partial charge is 0.336 e. The van der Waals surface area contributed by atoms with Crippen LogP contribution >= 0.6 is 0 Å². The van der Waals surface area contributed by atoms with Crippen molar-refractivity contribution >= 4 is 5.91 Å². The zero-order valence-corrected chi connectivity index (χ0v) is 16.3. The predicted octanol–water partition coefficient (Wildman–Crippen LogP) is 4.46. The molecule has 2 aliphatic rings. The van der Waals surface area contributed by atoms with Crippen LogP contribution in [0.3, 0.4) is 0 Å². The molecule has 2 saturated heterocycles. The third-order valence-electron chi connectivity index (χ3n) is 5.86. The molecule has 25 heavy (non-hydrogen) atoms. The summed E-state index contributed by atoms with van der Waals surface area (Å²) in [6.45, 7) is 11.2. The van der Waals surface area contributed by atoms with Crippen LogP contribution in [0.2, 0.25) is 0 Å². The summed E-state index contributed by atoms with van der Waals surface area (Å²) >= 11 is 0. The minimum atomic E-state index is 0.130. The molecule has 3 heteroatoms. The number of piperidine rings is 1. The van der Waals surface area contributed by atoms with Crippen molar-refractivity contribution in [3.8, 4) is 0 Å². The number of benzene rings is 1. The molecule has 138 valence electrons. The molecule has 3 rings (SSSR count). The third kappa shape index (κ3) is 4.63. The Morgan fingerprint density at radius 1 is 1.00 bits per heavy atom. The van der Waals surface area contributed by atoms with E-state index >= 15 is 0 Å². The lowest BCUT2D eigenvalue weighted by Gasteiger charge is -2.37. The summed E-state index contributed by atoms with van der Waals surface area (Å²) < 4.78 is 0. The maximum atomic E-state index is 13.1. The first-order valence-corrected chi connectivity index (χ1v) is 10.1. The molecule has 3 nitrogen and oxygen atoms in total. The lowest BCUT2D eigenvalue weighted by Crippen LogP contribution is -2.45. The molecule has 2 fully saturated rings. The summed E-state index contributed by atoms with van der Waals surface area (Å²) in [5, 5.41) is 0. The number of carbonyl (C=O) groups excluding carboxylic acids is 1. The molecule has 1 aromatic rings. The molecule has 2 aliphatic heterocycles. The van der Waals surface area contributed by atoms with Crippen molar-refractivity contribution in [1.29, 1.82) is 0 Å². The second-order valence-electron chi connectivity index (χ2n) is 8.81. The van der Waals surface area contributed by atoms with Gasteiger partial charge in [0.25, 0.3) is 5.91 Å². The normalized spacial score (nSPS) is 22.4. The Kier molecular flexibility index (Phi) is 5.83. The Morgan fingerprint density at radius 3 is 2.28 bits per heavy atom. The van der Waals surface area contributed by atoms with Crippen LogP contribution in [0.4, 0.5) is 0 Å². The van der Waals surface area contributed by atoms with Crippen LogP contribution in [0.5, 0.6) is 0 Å². The first-order chi connectivity index (χ1) is 11.9. The van der Waals surface area contributed by atoms with Gasteiger partial charge in [-0.25, -0.2) is 0 Å². The molecule has 0 saturated carbocycles. The highest BCUT2D eigenvalue weighted by molar-refractivity contribution is 5.94. The SMILES string of the molecule is CC(C)(C)c1ccc(C(=O)N2CCCC[C@H]2CCN2CCCC2)cc1. The fourth-order valence-electron chi connectivity index (χ4n) is 4.18. The molecule has 1 amide bonds. The summed E-state index contributed by atoms with van der Waals surface area (Å²) in [5.41, 5.74) is 2.26. The molecule has 0 aliphatic carbocycles. The fraction of sp³-hybridized carbons (Fsp3) is 0.682. The van der Waals surface area contributed by atoms with E-state index in [1.54, 1.807) is 0 Å². The molecule has 0 N–H and O–H groups in total. The van der Waals surface area contributed by atoms with Gasteiger partial charge in [-0.15, -0.1) is 0 Å². The van der Waals surface area contributed by atoms with E-state index in [0.29, 0.717) is 6.04 Å². The molecule has 0 spiro atoms. The quantitative estimate of drug-likeness (QED) is 0.806. The number of nitrogens with zero attached hydrogens (tertiary/aromatic N) is 2. The average molecular weight is 343 g/mol.